The van der Waals surface area contributed by atoms with Gasteiger partial charge < -0.3 is 19.8 Å². The Balaban J connectivity index is 1.47. The molecule has 1 aromatic rings. The zero-order chi connectivity index (χ0) is 15.2. The number of urea groups is 1. The molecule has 22 heavy (non-hydrogen) atoms. The molecule has 0 aliphatic carbocycles. The third-order valence-electron chi connectivity index (χ3n) is 4.48. The number of nitrogens with one attached hydrogen (secondary N) is 2. The van der Waals surface area contributed by atoms with Crippen LogP contribution in [0.2, 0.25) is 0 Å². The molecule has 1 aromatic heterocycles. The first-order chi connectivity index (χ1) is 10.8. The fourth-order valence-corrected chi connectivity index (χ4v) is 3.18. The largest absolute Gasteiger partial charge is 0.468 e. The molecule has 2 saturated heterocycles. The van der Waals surface area contributed by atoms with Crippen LogP contribution in [0.1, 0.15) is 31.1 Å². The summed E-state index contributed by atoms with van der Waals surface area (Å²) in [6, 6.07) is 3.90. The number of amides is 2. The molecule has 0 radical (unpaired) electrons. The smallest absolute Gasteiger partial charge is 0.314 e. The summed E-state index contributed by atoms with van der Waals surface area (Å²) in [6.07, 6.45) is 5.15. The fraction of sp³-hybridized carbons (Fsp3) is 0.688. The summed E-state index contributed by atoms with van der Waals surface area (Å²) >= 11 is 0. The van der Waals surface area contributed by atoms with Gasteiger partial charge >= 0.3 is 6.03 Å². The third kappa shape index (κ3) is 4.01. The molecule has 6 nitrogen and oxygen atoms in total. The van der Waals surface area contributed by atoms with E-state index in [4.69, 9.17) is 9.15 Å². The van der Waals surface area contributed by atoms with Crippen LogP contribution in [0.15, 0.2) is 22.8 Å². The van der Waals surface area contributed by atoms with Gasteiger partial charge in [0.2, 0.25) is 0 Å². The highest BCUT2D eigenvalue weighted by Gasteiger charge is 2.26. The van der Waals surface area contributed by atoms with Crippen LogP contribution in [0.4, 0.5) is 4.79 Å². The fourth-order valence-electron chi connectivity index (χ4n) is 3.18. The number of nitrogens with zero attached hydrogens (tertiary/aromatic N) is 1. The molecule has 2 fully saturated rings. The zero-order valence-corrected chi connectivity index (χ0v) is 12.9. The summed E-state index contributed by atoms with van der Waals surface area (Å²) in [5.41, 5.74) is 0. The van der Waals surface area contributed by atoms with E-state index in [0.29, 0.717) is 19.0 Å². The molecular weight excluding hydrogens is 282 g/mol. The van der Waals surface area contributed by atoms with E-state index in [-0.39, 0.29) is 12.1 Å². The standard InChI is InChI=1S/C16H25N3O3/c20-16(17-10-13-5-9-21-12-13)18-11-14(15-4-3-8-22-15)19-6-1-2-7-19/h3-4,8,13-14H,1-2,5-7,9-12H2,(H2,17,18,20)/t13-,14+/m1/s1. The Morgan fingerprint density at radius 3 is 2.91 bits per heavy atom. The van der Waals surface area contributed by atoms with Gasteiger partial charge in [-0.2, -0.15) is 0 Å². The first-order valence-electron chi connectivity index (χ1n) is 8.20. The van der Waals surface area contributed by atoms with Gasteiger partial charge in [0, 0.05) is 25.6 Å². The van der Waals surface area contributed by atoms with Crippen molar-refractivity contribution in [3.63, 3.8) is 0 Å². The van der Waals surface area contributed by atoms with Gasteiger partial charge in [-0.25, -0.2) is 4.79 Å². The molecule has 3 heterocycles. The number of ether oxygens (including phenoxy) is 1. The highest BCUT2D eigenvalue weighted by Crippen LogP contribution is 2.24. The van der Waals surface area contributed by atoms with E-state index in [1.807, 2.05) is 12.1 Å². The number of furan rings is 1. The van der Waals surface area contributed by atoms with Crippen LogP contribution in [0.25, 0.3) is 0 Å². The second kappa shape index (κ2) is 7.65. The van der Waals surface area contributed by atoms with Crippen LogP contribution in [0.3, 0.4) is 0 Å². The van der Waals surface area contributed by atoms with E-state index in [0.717, 1.165) is 38.5 Å². The zero-order valence-electron chi connectivity index (χ0n) is 12.9. The lowest BCUT2D eigenvalue weighted by Gasteiger charge is -2.26. The summed E-state index contributed by atoms with van der Waals surface area (Å²) in [5, 5.41) is 5.92. The first-order valence-corrected chi connectivity index (χ1v) is 8.20. The highest BCUT2D eigenvalue weighted by molar-refractivity contribution is 5.73. The number of carbonyl (C=O) groups is 1. The summed E-state index contributed by atoms with van der Waals surface area (Å²) in [5.74, 6) is 1.37. The first kappa shape index (κ1) is 15.4. The topological polar surface area (TPSA) is 66.7 Å². The van der Waals surface area contributed by atoms with Crippen molar-refractivity contribution in [2.75, 3.05) is 39.4 Å². The minimum Gasteiger partial charge on any atom is -0.468 e. The Morgan fingerprint density at radius 1 is 1.36 bits per heavy atom. The maximum absolute atomic E-state index is 12.0. The molecule has 0 saturated carbocycles. The van der Waals surface area contributed by atoms with Crippen molar-refractivity contribution in [2.24, 2.45) is 5.92 Å². The normalized spacial score (nSPS) is 23.5. The van der Waals surface area contributed by atoms with E-state index in [1.54, 1.807) is 6.26 Å². The van der Waals surface area contributed by atoms with Crippen LogP contribution >= 0.6 is 0 Å². The highest BCUT2D eigenvalue weighted by atomic mass is 16.5. The van der Waals surface area contributed by atoms with Gasteiger partial charge in [-0.05, 0) is 44.5 Å². The van der Waals surface area contributed by atoms with Crippen molar-refractivity contribution in [2.45, 2.75) is 25.3 Å². The summed E-state index contributed by atoms with van der Waals surface area (Å²) in [6.45, 7) is 4.94. The molecule has 2 amide bonds. The number of carbonyl (C=O) groups excluding carboxylic acids is 1. The van der Waals surface area contributed by atoms with E-state index >= 15 is 0 Å². The second-order valence-corrected chi connectivity index (χ2v) is 6.09. The average Bonchev–Trinajstić information content (AvgIpc) is 3.27. The lowest BCUT2D eigenvalue weighted by molar-refractivity contribution is 0.184. The Hall–Kier alpha value is -1.53. The number of likely N-dealkylation sites (tertiary alicyclic amines) is 1. The van der Waals surface area contributed by atoms with Crippen LogP contribution in [-0.2, 0) is 4.74 Å². The van der Waals surface area contributed by atoms with E-state index in [1.165, 1.54) is 12.8 Å². The molecule has 2 aliphatic heterocycles. The van der Waals surface area contributed by atoms with E-state index in [2.05, 4.69) is 15.5 Å². The van der Waals surface area contributed by atoms with Crippen LogP contribution < -0.4 is 10.6 Å². The van der Waals surface area contributed by atoms with Crippen molar-refractivity contribution in [1.82, 2.24) is 15.5 Å². The van der Waals surface area contributed by atoms with Crippen molar-refractivity contribution in [1.29, 1.82) is 0 Å². The molecule has 0 bridgehead atoms. The molecule has 0 unspecified atom stereocenters. The lowest BCUT2D eigenvalue weighted by Crippen LogP contribution is -2.42. The Bertz CT molecular complexity index is 451. The van der Waals surface area contributed by atoms with E-state index < -0.39 is 0 Å². The minimum atomic E-state index is -0.109. The van der Waals surface area contributed by atoms with Gasteiger partial charge in [-0.1, -0.05) is 0 Å². The Morgan fingerprint density at radius 2 is 2.23 bits per heavy atom. The van der Waals surface area contributed by atoms with Crippen molar-refractivity contribution in [3.05, 3.63) is 24.2 Å². The maximum Gasteiger partial charge on any atom is 0.314 e. The average molecular weight is 307 g/mol. The molecule has 0 aromatic carbocycles. The van der Waals surface area contributed by atoms with Gasteiger partial charge in [0.15, 0.2) is 0 Å². The molecule has 0 spiro atoms. The molecule has 3 rings (SSSR count). The van der Waals surface area contributed by atoms with Crippen LogP contribution in [-0.4, -0.2) is 50.3 Å². The summed E-state index contributed by atoms with van der Waals surface area (Å²) in [7, 11) is 0. The number of rotatable bonds is 6. The minimum absolute atomic E-state index is 0.109. The third-order valence-corrected chi connectivity index (χ3v) is 4.48. The molecule has 6 heteroatoms. The Kier molecular flexibility index (Phi) is 5.34. The van der Waals surface area contributed by atoms with Crippen LogP contribution in [0, 0.1) is 5.92 Å². The number of hydrogen-bond donors (Lipinski definition) is 2. The van der Waals surface area contributed by atoms with Gasteiger partial charge in [0.25, 0.3) is 0 Å². The van der Waals surface area contributed by atoms with E-state index in [9.17, 15) is 4.79 Å². The monoisotopic (exact) mass is 307 g/mol. The lowest BCUT2D eigenvalue weighted by atomic mass is 10.1. The molecule has 122 valence electrons. The quantitative estimate of drug-likeness (QED) is 0.840. The second-order valence-electron chi connectivity index (χ2n) is 6.09. The SMILES string of the molecule is O=C(NC[C@H]1CCOC1)NC[C@@H](c1ccco1)N1CCCC1. The Labute approximate surface area is 131 Å². The molecular formula is C16H25N3O3. The van der Waals surface area contributed by atoms with Gasteiger partial charge in [0.05, 0.1) is 18.9 Å². The molecule has 2 aliphatic rings. The number of hydrogen-bond acceptors (Lipinski definition) is 4. The van der Waals surface area contributed by atoms with Gasteiger partial charge in [-0.3, -0.25) is 4.90 Å². The predicted octanol–water partition coefficient (Wildman–Crippen LogP) is 1.75. The predicted molar refractivity (Wildman–Crippen MR) is 82.6 cm³/mol. The van der Waals surface area contributed by atoms with Gasteiger partial charge in [0.1, 0.15) is 5.76 Å². The van der Waals surface area contributed by atoms with Crippen molar-refractivity contribution >= 4 is 6.03 Å². The summed E-state index contributed by atoms with van der Waals surface area (Å²) in [4.78, 5) is 14.4. The molecule has 2 atom stereocenters. The van der Waals surface area contributed by atoms with Crippen molar-refractivity contribution in [3.8, 4) is 0 Å². The maximum atomic E-state index is 12.0. The molecule has 2 N–H and O–H groups in total. The van der Waals surface area contributed by atoms with Gasteiger partial charge in [-0.15, -0.1) is 0 Å². The summed E-state index contributed by atoms with van der Waals surface area (Å²) < 4.78 is 10.9. The van der Waals surface area contributed by atoms with Crippen LogP contribution in [0.5, 0.6) is 0 Å². The van der Waals surface area contributed by atoms with Crippen molar-refractivity contribution < 1.29 is 13.9 Å².